The van der Waals surface area contributed by atoms with Crippen LogP contribution in [0.5, 0.6) is 5.75 Å². The molecule has 0 aliphatic carbocycles. The van der Waals surface area contributed by atoms with Crippen LogP contribution in [0.1, 0.15) is 36.2 Å². The summed E-state index contributed by atoms with van der Waals surface area (Å²) in [5.41, 5.74) is 1.52. The number of aromatic nitrogens is 2. The van der Waals surface area contributed by atoms with E-state index < -0.39 is 0 Å². The van der Waals surface area contributed by atoms with E-state index in [0.29, 0.717) is 36.5 Å². The highest BCUT2D eigenvalue weighted by Gasteiger charge is 2.33. The molecule has 3 heterocycles. The molecule has 4 rings (SSSR count). The average Bonchev–Trinajstić information content (AvgIpc) is 3.31. The fourth-order valence-electron chi connectivity index (χ4n) is 3.88. The van der Waals surface area contributed by atoms with Crippen molar-refractivity contribution >= 4 is 11.8 Å². The van der Waals surface area contributed by atoms with Gasteiger partial charge in [0.25, 0.3) is 5.91 Å². The third-order valence-corrected chi connectivity index (χ3v) is 5.22. The third-order valence-electron chi connectivity index (χ3n) is 5.22. The zero-order chi connectivity index (χ0) is 18.1. The van der Waals surface area contributed by atoms with Gasteiger partial charge in [-0.3, -0.25) is 14.7 Å². The van der Waals surface area contributed by atoms with Gasteiger partial charge < -0.3 is 14.9 Å². The van der Waals surface area contributed by atoms with Crippen LogP contribution < -0.4 is 0 Å². The lowest BCUT2D eigenvalue weighted by Crippen LogP contribution is -2.50. The number of benzene rings is 1. The highest BCUT2D eigenvalue weighted by Crippen LogP contribution is 2.28. The van der Waals surface area contributed by atoms with Gasteiger partial charge in [0, 0.05) is 37.7 Å². The van der Waals surface area contributed by atoms with Gasteiger partial charge >= 0.3 is 0 Å². The maximum atomic E-state index is 12.9. The second kappa shape index (κ2) is 6.82. The van der Waals surface area contributed by atoms with Gasteiger partial charge in [-0.25, -0.2) is 0 Å². The number of hydrogen-bond donors (Lipinski definition) is 2. The van der Waals surface area contributed by atoms with E-state index >= 15 is 0 Å². The number of aromatic hydroxyl groups is 1. The first-order valence-electron chi connectivity index (χ1n) is 9.06. The summed E-state index contributed by atoms with van der Waals surface area (Å²) >= 11 is 0. The van der Waals surface area contributed by atoms with Crippen LogP contribution in [0.2, 0.25) is 0 Å². The monoisotopic (exact) mass is 354 g/mol. The van der Waals surface area contributed by atoms with Crippen LogP contribution in [0, 0.1) is 0 Å². The number of carbonyl (C=O) groups excluding carboxylic acids is 2. The molecule has 7 nitrogen and oxygen atoms in total. The van der Waals surface area contributed by atoms with E-state index in [9.17, 15) is 14.7 Å². The van der Waals surface area contributed by atoms with E-state index in [1.165, 1.54) is 0 Å². The van der Waals surface area contributed by atoms with Gasteiger partial charge in [0.05, 0.1) is 5.69 Å². The van der Waals surface area contributed by atoms with Crippen molar-refractivity contribution in [2.75, 3.05) is 19.6 Å². The van der Waals surface area contributed by atoms with Gasteiger partial charge in [0.15, 0.2) is 0 Å². The SMILES string of the molecule is O=C(c1cc(-c2ccccc2O)n[nH]1)N1CCC[C@@H](N2CCCC2=O)C1. The highest BCUT2D eigenvalue weighted by atomic mass is 16.3. The number of amides is 2. The number of nitrogens with zero attached hydrogens (tertiary/aromatic N) is 3. The lowest BCUT2D eigenvalue weighted by atomic mass is 10.0. The van der Waals surface area contributed by atoms with Gasteiger partial charge in [-0.2, -0.15) is 5.10 Å². The van der Waals surface area contributed by atoms with Crippen molar-refractivity contribution in [2.24, 2.45) is 0 Å². The number of hydrogen-bond acceptors (Lipinski definition) is 4. The van der Waals surface area contributed by atoms with Crippen molar-refractivity contribution in [3.8, 4) is 17.0 Å². The predicted molar refractivity (Wildman–Crippen MR) is 95.6 cm³/mol. The van der Waals surface area contributed by atoms with Crippen molar-refractivity contribution in [3.63, 3.8) is 0 Å². The summed E-state index contributed by atoms with van der Waals surface area (Å²) in [7, 11) is 0. The van der Waals surface area contributed by atoms with E-state index in [-0.39, 0.29) is 23.6 Å². The molecule has 0 spiro atoms. The zero-order valence-corrected chi connectivity index (χ0v) is 14.5. The van der Waals surface area contributed by atoms with Gasteiger partial charge in [-0.05, 0) is 37.5 Å². The van der Waals surface area contributed by atoms with Crippen molar-refractivity contribution in [2.45, 2.75) is 31.7 Å². The maximum Gasteiger partial charge on any atom is 0.271 e. The first-order chi connectivity index (χ1) is 12.6. The van der Waals surface area contributed by atoms with Gasteiger partial charge in [0.2, 0.25) is 5.91 Å². The van der Waals surface area contributed by atoms with Crippen LogP contribution in [-0.2, 0) is 4.79 Å². The second-order valence-electron chi connectivity index (χ2n) is 6.92. The first kappa shape index (κ1) is 16.6. The molecule has 0 bridgehead atoms. The normalized spacial score (nSPS) is 20.6. The van der Waals surface area contributed by atoms with Crippen LogP contribution in [0.25, 0.3) is 11.3 Å². The fourth-order valence-corrected chi connectivity index (χ4v) is 3.88. The summed E-state index contributed by atoms with van der Waals surface area (Å²) in [5.74, 6) is 0.215. The molecule has 2 fully saturated rings. The number of phenolic OH excluding ortho intramolecular Hbond substituents is 1. The van der Waals surface area contributed by atoms with Crippen LogP contribution >= 0.6 is 0 Å². The van der Waals surface area contributed by atoms with Crippen LogP contribution in [0.15, 0.2) is 30.3 Å². The van der Waals surface area contributed by atoms with Crippen molar-refractivity contribution < 1.29 is 14.7 Å². The minimum absolute atomic E-state index is 0.114. The molecule has 2 aliphatic rings. The Labute approximate surface area is 151 Å². The minimum Gasteiger partial charge on any atom is -0.507 e. The molecule has 2 aromatic rings. The second-order valence-corrected chi connectivity index (χ2v) is 6.92. The molecule has 1 aromatic carbocycles. The summed E-state index contributed by atoms with van der Waals surface area (Å²) in [6, 6.07) is 8.69. The highest BCUT2D eigenvalue weighted by molar-refractivity contribution is 5.93. The third kappa shape index (κ3) is 3.05. The first-order valence-corrected chi connectivity index (χ1v) is 9.06. The largest absolute Gasteiger partial charge is 0.507 e. The molecule has 136 valence electrons. The molecule has 0 radical (unpaired) electrons. The molecule has 7 heteroatoms. The number of rotatable bonds is 3. The smallest absolute Gasteiger partial charge is 0.271 e. The number of aromatic amines is 1. The number of para-hydroxylation sites is 1. The lowest BCUT2D eigenvalue weighted by Gasteiger charge is -2.37. The summed E-state index contributed by atoms with van der Waals surface area (Å²) < 4.78 is 0. The number of phenols is 1. The van der Waals surface area contributed by atoms with Gasteiger partial charge in [-0.15, -0.1) is 0 Å². The van der Waals surface area contributed by atoms with Crippen LogP contribution in [0.4, 0.5) is 0 Å². The van der Waals surface area contributed by atoms with Gasteiger partial charge in [0.1, 0.15) is 11.4 Å². The predicted octanol–water partition coefficient (Wildman–Crippen LogP) is 2.01. The van der Waals surface area contributed by atoms with Crippen LogP contribution in [0.3, 0.4) is 0 Å². The lowest BCUT2D eigenvalue weighted by molar-refractivity contribution is -0.130. The van der Waals surface area contributed by atoms with Gasteiger partial charge in [-0.1, -0.05) is 12.1 Å². The van der Waals surface area contributed by atoms with Crippen molar-refractivity contribution in [1.29, 1.82) is 0 Å². The number of piperidine rings is 1. The van der Waals surface area contributed by atoms with Crippen molar-refractivity contribution in [1.82, 2.24) is 20.0 Å². The fraction of sp³-hybridized carbons (Fsp3) is 0.421. The summed E-state index contributed by atoms with van der Waals surface area (Å²) in [6.45, 7) is 2.05. The average molecular weight is 354 g/mol. The molecule has 1 aromatic heterocycles. The number of carbonyl (C=O) groups is 2. The molecular weight excluding hydrogens is 332 g/mol. The Morgan fingerprint density at radius 2 is 2.08 bits per heavy atom. The number of H-pyrrole nitrogens is 1. The molecule has 0 unspecified atom stereocenters. The Hall–Kier alpha value is -2.83. The Morgan fingerprint density at radius 1 is 1.23 bits per heavy atom. The molecule has 2 saturated heterocycles. The molecule has 2 N–H and O–H groups in total. The molecular formula is C19H22N4O3. The Morgan fingerprint density at radius 3 is 2.85 bits per heavy atom. The topological polar surface area (TPSA) is 89.5 Å². The summed E-state index contributed by atoms with van der Waals surface area (Å²) in [4.78, 5) is 28.6. The van der Waals surface area contributed by atoms with Crippen LogP contribution in [-0.4, -0.2) is 62.6 Å². The standard InChI is InChI=1S/C19H22N4O3/c24-17-7-2-1-6-14(17)15-11-16(21-20-15)19(26)22-9-3-5-13(12-22)23-10-4-8-18(23)25/h1-2,6-7,11,13,24H,3-5,8-10,12H2,(H,20,21)/t13-/m1/s1. The maximum absolute atomic E-state index is 12.9. The van der Waals surface area contributed by atoms with E-state index in [4.69, 9.17) is 0 Å². The minimum atomic E-state index is -0.115. The van der Waals surface area contributed by atoms with E-state index in [2.05, 4.69) is 10.2 Å². The molecule has 1 atom stereocenters. The Kier molecular flexibility index (Phi) is 4.36. The van der Waals surface area contributed by atoms with E-state index in [1.54, 1.807) is 29.2 Å². The molecule has 2 amide bonds. The number of nitrogens with one attached hydrogen (secondary N) is 1. The molecule has 0 saturated carbocycles. The summed E-state index contributed by atoms with van der Waals surface area (Å²) in [6.07, 6.45) is 3.37. The van der Waals surface area contributed by atoms with E-state index in [0.717, 1.165) is 25.8 Å². The Balaban J connectivity index is 1.49. The molecule has 26 heavy (non-hydrogen) atoms. The summed E-state index contributed by atoms with van der Waals surface area (Å²) in [5, 5.41) is 16.9. The zero-order valence-electron chi connectivity index (χ0n) is 14.5. The van der Waals surface area contributed by atoms with E-state index in [1.807, 2.05) is 11.0 Å². The molecule has 2 aliphatic heterocycles. The van der Waals surface area contributed by atoms with Crippen molar-refractivity contribution in [3.05, 3.63) is 36.0 Å². The quantitative estimate of drug-likeness (QED) is 0.882. The Bertz CT molecular complexity index is 832. The number of likely N-dealkylation sites (tertiary alicyclic amines) is 2.